The van der Waals surface area contributed by atoms with Gasteiger partial charge in [0.05, 0.1) is 6.54 Å². The van der Waals surface area contributed by atoms with Crippen molar-refractivity contribution in [2.24, 2.45) is 5.41 Å². The Labute approximate surface area is 120 Å². The lowest BCUT2D eigenvalue weighted by Crippen LogP contribution is -2.35. The molecule has 2 fully saturated rings. The van der Waals surface area contributed by atoms with Crippen LogP contribution < -0.4 is 5.32 Å². The third-order valence-corrected chi connectivity index (χ3v) is 4.49. The summed E-state index contributed by atoms with van der Waals surface area (Å²) in [5, 5.41) is 3.32. The fourth-order valence-corrected chi connectivity index (χ4v) is 3.00. The summed E-state index contributed by atoms with van der Waals surface area (Å²) in [5.74, 6) is 0.211. The molecule has 0 radical (unpaired) electrons. The molecule has 0 aromatic heterocycles. The summed E-state index contributed by atoms with van der Waals surface area (Å²) in [5.41, 5.74) is 1.46. The van der Waals surface area contributed by atoms with Crippen molar-refractivity contribution >= 4 is 5.91 Å². The van der Waals surface area contributed by atoms with Crippen LogP contribution in [0.25, 0.3) is 0 Å². The van der Waals surface area contributed by atoms with Crippen LogP contribution in [0.1, 0.15) is 31.0 Å². The Balaban J connectivity index is 1.71. The molecule has 20 heavy (non-hydrogen) atoms. The molecule has 1 unspecified atom stereocenters. The third kappa shape index (κ3) is 2.72. The first kappa shape index (κ1) is 13.6. The van der Waals surface area contributed by atoms with Crippen molar-refractivity contribution in [2.75, 3.05) is 26.8 Å². The number of benzene rings is 1. The Kier molecular flexibility index (Phi) is 3.76. The summed E-state index contributed by atoms with van der Waals surface area (Å²) in [7, 11) is 1.74. The highest BCUT2D eigenvalue weighted by Gasteiger charge is 2.46. The van der Waals surface area contributed by atoms with E-state index in [0.29, 0.717) is 12.0 Å². The van der Waals surface area contributed by atoms with Crippen molar-refractivity contribution in [1.82, 2.24) is 10.2 Å². The van der Waals surface area contributed by atoms with Crippen molar-refractivity contribution in [3.8, 4) is 0 Å². The number of nitrogens with zero attached hydrogens (tertiary/aromatic N) is 1. The molecule has 1 aromatic carbocycles. The molecule has 1 aliphatic carbocycles. The maximum absolute atomic E-state index is 12.2. The first-order valence-electron chi connectivity index (χ1n) is 7.31. The van der Waals surface area contributed by atoms with Gasteiger partial charge < -0.3 is 9.64 Å². The molecule has 1 amide bonds. The normalized spacial score (nSPS) is 24.1. The maximum atomic E-state index is 12.2. The van der Waals surface area contributed by atoms with Crippen LogP contribution in [0.2, 0.25) is 0 Å². The van der Waals surface area contributed by atoms with Gasteiger partial charge in [0.25, 0.3) is 0 Å². The lowest BCUT2D eigenvalue weighted by atomic mass is 10.0. The monoisotopic (exact) mass is 274 g/mol. The Bertz CT molecular complexity index is 471. The van der Waals surface area contributed by atoms with Crippen molar-refractivity contribution in [3.63, 3.8) is 0 Å². The molecular formula is C16H22N2O2. The van der Waals surface area contributed by atoms with Crippen LogP contribution in [-0.2, 0) is 9.53 Å². The second-order valence-corrected chi connectivity index (χ2v) is 5.96. The van der Waals surface area contributed by atoms with E-state index in [4.69, 9.17) is 4.74 Å². The Morgan fingerprint density at radius 1 is 1.35 bits per heavy atom. The second kappa shape index (κ2) is 5.54. The third-order valence-electron chi connectivity index (χ3n) is 4.49. The van der Waals surface area contributed by atoms with Crippen LogP contribution in [0.5, 0.6) is 0 Å². The Hall–Kier alpha value is -1.39. The van der Waals surface area contributed by atoms with E-state index in [2.05, 4.69) is 17.4 Å². The van der Waals surface area contributed by atoms with Gasteiger partial charge in [0.1, 0.15) is 6.17 Å². The predicted octanol–water partition coefficient (Wildman–Crippen LogP) is 1.93. The summed E-state index contributed by atoms with van der Waals surface area (Å²) in [6.07, 6.45) is 3.50. The highest BCUT2D eigenvalue weighted by molar-refractivity contribution is 5.81. The molecule has 3 rings (SSSR count). The van der Waals surface area contributed by atoms with Crippen LogP contribution in [0.3, 0.4) is 0 Å². The molecule has 0 spiro atoms. The van der Waals surface area contributed by atoms with Gasteiger partial charge in [-0.2, -0.15) is 0 Å². The minimum atomic E-state index is 0.0312. The molecule has 4 heteroatoms. The molecule has 1 N–H and O–H groups in total. The minimum absolute atomic E-state index is 0.0312. The Morgan fingerprint density at radius 2 is 2.10 bits per heavy atom. The molecule has 1 atom stereocenters. The number of methoxy groups -OCH3 is 1. The van der Waals surface area contributed by atoms with Crippen LogP contribution in [0.4, 0.5) is 0 Å². The second-order valence-electron chi connectivity index (χ2n) is 5.96. The highest BCUT2D eigenvalue weighted by Crippen LogP contribution is 2.50. The van der Waals surface area contributed by atoms with Gasteiger partial charge in [-0.05, 0) is 30.2 Å². The van der Waals surface area contributed by atoms with Gasteiger partial charge in [-0.3, -0.25) is 10.1 Å². The van der Waals surface area contributed by atoms with Crippen molar-refractivity contribution in [1.29, 1.82) is 0 Å². The molecule has 1 aromatic rings. The van der Waals surface area contributed by atoms with E-state index in [-0.39, 0.29) is 12.1 Å². The standard InChI is InChI=1S/C16H22N2O2/c1-20-10-9-16(7-8-16)12-18-14(19)11-17-15(18)13-5-3-2-4-6-13/h2-6,15,17H,7-12H2,1H3. The van der Waals surface area contributed by atoms with Crippen LogP contribution in [-0.4, -0.2) is 37.6 Å². The predicted molar refractivity (Wildman–Crippen MR) is 77.1 cm³/mol. The van der Waals surface area contributed by atoms with Crippen LogP contribution in [0, 0.1) is 5.41 Å². The number of amides is 1. The van der Waals surface area contributed by atoms with E-state index in [9.17, 15) is 4.79 Å². The van der Waals surface area contributed by atoms with Gasteiger partial charge in [0.2, 0.25) is 5.91 Å². The minimum Gasteiger partial charge on any atom is -0.385 e. The largest absolute Gasteiger partial charge is 0.385 e. The average Bonchev–Trinajstić information content (AvgIpc) is 3.16. The number of hydrogen-bond acceptors (Lipinski definition) is 3. The zero-order valence-electron chi connectivity index (χ0n) is 12.0. The van der Waals surface area contributed by atoms with Crippen LogP contribution >= 0.6 is 0 Å². The molecule has 1 saturated carbocycles. The first-order valence-corrected chi connectivity index (χ1v) is 7.31. The summed E-state index contributed by atoms with van der Waals surface area (Å²) < 4.78 is 5.20. The highest BCUT2D eigenvalue weighted by atomic mass is 16.5. The molecule has 1 heterocycles. The lowest BCUT2D eigenvalue weighted by molar-refractivity contribution is -0.129. The molecule has 1 aliphatic heterocycles. The number of nitrogens with one attached hydrogen (secondary N) is 1. The van der Waals surface area contributed by atoms with E-state index in [0.717, 1.165) is 19.6 Å². The van der Waals surface area contributed by atoms with Gasteiger partial charge >= 0.3 is 0 Å². The fraction of sp³-hybridized carbons (Fsp3) is 0.562. The van der Waals surface area contributed by atoms with Gasteiger partial charge in [-0.25, -0.2) is 0 Å². The smallest absolute Gasteiger partial charge is 0.238 e. The van der Waals surface area contributed by atoms with E-state index < -0.39 is 0 Å². The zero-order valence-corrected chi connectivity index (χ0v) is 12.0. The van der Waals surface area contributed by atoms with Crippen molar-refractivity contribution in [3.05, 3.63) is 35.9 Å². The number of carbonyl (C=O) groups is 1. The summed E-state index contributed by atoms with van der Waals surface area (Å²) >= 11 is 0. The zero-order chi connectivity index (χ0) is 14.0. The summed E-state index contributed by atoms with van der Waals surface area (Å²) in [4.78, 5) is 14.2. The van der Waals surface area contributed by atoms with Gasteiger partial charge in [-0.1, -0.05) is 30.3 Å². The number of rotatable bonds is 6. The lowest BCUT2D eigenvalue weighted by Gasteiger charge is -2.29. The van der Waals surface area contributed by atoms with Gasteiger partial charge in [0.15, 0.2) is 0 Å². The number of ether oxygens (including phenoxy) is 1. The average molecular weight is 274 g/mol. The maximum Gasteiger partial charge on any atom is 0.238 e. The van der Waals surface area contributed by atoms with Gasteiger partial charge in [-0.15, -0.1) is 0 Å². The van der Waals surface area contributed by atoms with Crippen LogP contribution in [0.15, 0.2) is 30.3 Å². The number of carbonyl (C=O) groups excluding carboxylic acids is 1. The molecular weight excluding hydrogens is 252 g/mol. The topological polar surface area (TPSA) is 41.6 Å². The van der Waals surface area contributed by atoms with Crippen molar-refractivity contribution in [2.45, 2.75) is 25.4 Å². The molecule has 108 valence electrons. The van der Waals surface area contributed by atoms with E-state index in [1.165, 1.54) is 18.4 Å². The van der Waals surface area contributed by atoms with Crippen molar-refractivity contribution < 1.29 is 9.53 Å². The Morgan fingerprint density at radius 3 is 2.75 bits per heavy atom. The molecule has 0 bridgehead atoms. The molecule has 2 aliphatic rings. The SMILES string of the molecule is COCCC1(CN2C(=O)CNC2c2ccccc2)CC1. The first-order chi connectivity index (χ1) is 9.74. The fourth-order valence-electron chi connectivity index (χ4n) is 3.00. The summed E-state index contributed by atoms with van der Waals surface area (Å²) in [6.45, 7) is 2.08. The molecule has 1 saturated heterocycles. The van der Waals surface area contributed by atoms with E-state index >= 15 is 0 Å². The number of hydrogen-bond donors (Lipinski definition) is 1. The molecule has 4 nitrogen and oxygen atoms in total. The summed E-state index contributed by atoms with van der Waals surface area (Å²) in [6, 6.07) is 10.2. The van der Waals surface area contributed by atoms with E-state index in [1.807, 2.05) is 23.1 Å². The van der Waals surface area contributed by atoms with Gasteiger partial charge in [0, 0.05) is 20.3 Å². The quantitative estimate of drug-likeness (QED) is 0.862. The van der Waals surface area contributed by atoms with E-state index in [1.54, 1.807) is 7.11 Å².